The van der Waals surface area contributed by atoms with Crippen molar-refractivity contribution in [2.45, 2.75) is 38.1 Å². The van der Waals surface area contributed by atoms with E-state index in [9.17, 15) is 13.2 Å². The Morgan fingerprint density at radius 2 is 2.00 bits per heavy atom. The van der Waals surface area contributed by atoms with E-state index in [4.69, 9.17) is 10.5 Å². The molecule has 0 saturated carbocycles. The number of fused-ring (bicyclic) bond motifs is 1. The van der Waals surface area contributed by atoms with Gasteiger partial charge in [-0.05, 0) is 78.2 Å². The second-order valence-corrected chi connectivity index (χ2v) is 12.6. The number of nitrogens with one attached hydrogen (secondary N) is 1. The van der Waals surface area contributed by atoms with Crippen molar-refractivity contribution in [3.63, 3.8) is 0 Å². The van der Waals surface area contributed by atoms with Gasteiger partial charge in [-0.25, -0.2) is 12.7 Å². The fourth-order valence-electron chi connectivity index (χ4n) is 5.57. The molecule has 3 aromatic rings. The van der Waals surface area contributed by atoms with Crippen molar-refractivity contribution in [1.82, 2.24) is 14.2 Å². The Hall–Kier alpha value is -2.98. The average Bonchev–Trinajstić information content (AvgIpc) is 3.33. The number of rotatable bonds is 13. The van der Waals surface area contributed by atoms with E-state index in [0.29, 0.717) is 26.1 Å². The summed E-state index contributed by atoms with van der Waals surface area (Å²) in [7, 11) is 0.361. The molecule has 1 aliphatic heterocycles. The third-order valence-corrected chi connectivity index (χ3v) is 9.42. The molecule has 39 heavy (non-hydrogen) atoms. The number of nitrogens with zero attached hydrogens (tertiary/aromatic N) is 2. The zero-order valence-corrected chi connectivity index (χ0v) is 23.8. The first-order valence-electron chi connectivity index (χ1n) is 13.5. The monoisotopic (exact) mass is 552 g/mol. The maximum atomic E-state index is 12.8. The SMILES string of the molecule is C=CCN(C)Cc1cccc(-c2cc(CC(N)=O)c3[nH]cc(C4CCN(S(=O)(=O)CCCOC)CC4)c3c2)c1. The minimum atomic E-state index is -3.28. The van der Waals surface area contributed by atoms with Gasteiger partial charge in [-0.15, -0.1) is 6.58 Å². The van der Waals surface area contributed by atoms with Crippen molar-refractivity contribution in [2.24, 2.45) is 5.73 Å². The molecule has 1 fully saturated rings. The standard InChI is InChI=1S/C30H40N4O4S/c1-4-11-33(2)21-22-7-5-8-24(16-22)25-17-26(19-29(31)35)30-27(18-25)28(20-32-30)23-9-12-34(13-10-23)39(36,37)15-6-14-38-3/h4-5,7-8,16-18,20,23,32H,1,6,9-15,19,21H2,2-3H3,(H2,31,35). The molecule has 1 saturated heterocycles. The maximum Gasteiger partial charge on any atom is 0.221 e. The number of aromatic amines is 1. The lowest BCUT2D eigenvalue weighted by molar-refractivity contribution is -0.117. The molecule has 0 unspecified atom stereocenters. The second-order valence-electron chi connectivity index (χ2n) is 10.5. The highest BCUT2D eigenvalue weighted by Gasteiger charge is 2.29. The van der Waals surface area contributed by atoms with Crippen LogP contribution in [0.25, 0.3) is 22.0 Å². The van der Waals surface area contributed by atoms with Crippen molar-refractivity contribution < 1.29 is 17.9 Å². The molecule has 210 valence electrons. The first kappa shape index (κ1) is 29.0. The minimum absolute atomic E-state index is 0.112. The molecule has 1 aromatic heterocycles. The van der Waals surface area contributed by atoms with Crippen LogP contribution >= 0.6 is 0 Å². The fourth-order valence-corrected chi connectivity index (χ4v) is 7.07. The number of amides is 1. The van der Waals surface area contributed by atoms with Gasteiger partial charge >= 0.3 is 0 Å². The summed E-state index contributed by atoms with van der Waals surface area (Å²) >= 11 is 0. The number of nitrogens with two attached hydrogens (primary N) is 1. The number of ether oxygens (including phenoxy) is 1. The van der Waals surface area contributed by atoms with E-state index in [1.807, 2.05) is 12.3 Å². The van der Waals surface area contributed by atoms with E-state index >= 15 is 0 Å². The summed E-state index contributed by atoms with van der Waals surface area (Å²) in [4.78, 5) is 17.5. The molecule has 4 rings (SSSR count). The van der Waals surface area contributed by atoms with Gasteiger partial charge in [-0.3, -0.25) is 9.69 Å². The van der Waals surface area contributed by atoms with Gasteiger partial charge in [-0.2, -0.15) is 0 Å². The normalized spacial score (nSPS) is 15.3. The van der Waals surface area contributed by atoms with Crippen LogP contribution in [-0.2, 0) is 32.5 Å². The number of H-pyrrole nitrogens is 1. The zero-order valence-electron chi connectivity index (χ0n) is 23.0. The molecule has 1 amide bonds. The molecule has 8 nitrogen and oxygen atoms in total. The number of methoxy groups -OCH3 is 1. The summed E-state index contributed by atoms with van der Waals surface area (Å²) in [6, 6.07) is 12.7. The summed E-state index contributed by atoms with van der Waals surface area (Å²) < 4.78 is 32.2. The molecule has 0 atom stereocenters. The summed E-state index contributed by atoms with van der Waals surface area (Å²) in [5, 5.41) is 1.07. The van der Waals surface area contributed by atoms with Crippen LogP contribution in [0, 0.1) is 0 Å². The summed E-state index contributed by atoms with van der Waals surface area (Å²) in [6.45, 7) is 6.87. The lowest BCUT2D eigenvalue weighted by Crippen LogP contribution is -2.39. The van der Waals surface area contributed by atoms with Crippen LogP contribution in [0.4, 0.5) is 0 Å². The number of piperidine rings is 1. The highest BCUT2D eigenvalue weighted by Crippen LogP contribution is 2.37. The van der Waals surface area contributed by atoms with E-state index in [-0.39, 0.29) is 24.0 Å². The molecule has 0 bridgehead atoms. The van der Waals surface area contributed by atoms with Crippen molar-refractivity contribution in [2.75, 3.05) is 46.2 Å². The second kappa shape index (κ2) is 12.9. The van der Waals surface area contributed by atoms with Crippen LogP contribution in [0.5, 0.6) is 0 Å². The molecule has 0 aliphatic carbocycles. The lowest BCUT2D eigenvalue weighted by Gasteiger charge is -2.31. The zero-order chi connectivity index (χ0) is 28.0. The van der Waals surface area contributed by atoms with Gasteiger partial charge in [0.25, 0.3) is 0 Å². The van der Waals surface area contributed by atoms with Crippen LogP contribution in [0.15, 0.2) is 55.3 Å². The third-order valence-electron chi connectivity index (χ3n) is 7.46. The lowest BCUT2D eigenvalue weighted by atomic mass is 9.88. The van der Waals surface area contributed by atoms with E-state index in [1.165, 1.54) is 5.56 Å². The molecule has 3 N–H and O–H groups in total. The fraction of sp³-hybridized carbons (Fsp3) is 0.433. The van der Waals surface area contributed by atoms with Crippen molar-refractivity contribution in [1.29, 1.82) is 0 Å². The topological polar surface area (TPSA) is 109 Å². The largest absolute Gasteiger partial charge is 0.385 e. The molecular formula is C30H40N4O4S. The average molecular weight is 553 g/mol. The quantitative estimate of drug-likeness (QED) is 0.246. The molecular weight excluding hydrogens is 512 g/mol. The van der Waals surface area contributed by atoms with Gasteiger partial charge in [0, 0.05) is 57.0 Å². The Morgan fingerprint density at radius 1 is 1.23 bits per heavy atom. The summed E-state index contributed by atoms with van der Waals surface area (Å²) in [6.07, 6.45) is 6.05. The highest BCUT2D eigenvalue weighted by atomic mass is 32.2. The summed E-state index contributed by atoms with van der Waals surface area (Å²) in [5.41, 5.74) is 11.9. The molecule has 0 spiro atoms. The Labute approximate surface area is 231 Å². The maximum absolute atomic E-state index is 12.8. The van der Waals surface area contributed by atoms with Crippen LogP contribution in [0.3, 0.4) is 0 Å². The van der Waals surface area contributed by atoms with Gasteiger partial charge in [0.05, 0.1) is 12.2 Å². The third kappa shape index (κ3) is 7.16. The van der Waals surface area contributed by atoms with Crippen LogP contribution in [0.2, 0.25) is 0 Å². The Bertz CT molecular complexity index is 1410. The molecule has 2 aromatic carbocycles. The van der Waals surface area contributed by atoms with E-state index in [0.717, 1.165) is 59.1 Å². The number of carbonyl (C=O) groups excluding carboxylic acids is 1. The predicted octanol–water partition coefficient (Wildman–Crippen LogP) is 4.03. The van der Waals surface area contributed by atoms with Crippen molar-refractivity contribution >= 4 is 26.8 Å². The molecule has 0 radical (unpaired) electrons. The number of aromatic nitrogens is 1. The van der Waals surface area contributed by atoms with Crippen LogP contribution < -0.4 is 5.73 Å². The van der Waals surface area contributed by atoms with Gasteiger partial charge in [-0.1, -0.05) is 24.3 Å². The van der Waals surface area contributed by atoms with E-state index in [1.54, 1.807) is 11.4 Å². The van der Waals surface area contributed by atoms with Crippen molar-refractivity contribution in [3.05, 3.63) is 71.9 Å². The first-order valence-corrected chi connectivity index (χ1v) is 15.1. The van der Waals surface area contributed by atoms with Gasteiger partial charge < -0.3 is 15.5 Å². The van der Waals surface area contributed by atoms with E-state index in [2.05, 4.69) is 59.9 Å². The number of primary amides is 1. The van der Waals surface area contributed by atoms with Crippen molar-refractivity contribution in [3.8, 4) is 11.1 Å². The van der Waals surface area contributed by atoms with Gasteiger partial charge in [0.1, 0.15) is 0 Å². The Kier molecular flexibility index (Phi) is 9.61. The summed E-state index contributed by atoms with van der Waals surface area (Å²) in [5.74, 6) is -0.0444. The smallest absolute Gasteiger partial charge is 0.221 e. The Balaban J connectivity index is 1.62. The van der Waals surface area contributed by atoms with Gasteiger partial charge in [0.2, 0.25) is 15.9 Å². The van der Waals surface area contributed by atoms with Gasteiger partial charge in [0.15, 0.2) is 0 Å². The van der Waals surface area contributed by atoms with Crippen LogP contribution in [0.1, 0.15) is 41.9 Å². The Morgan fingerprint density at radius 3 is 2.69 bits per heavy atom. The molecule has 1 aliphatic rings. The number of carbonyl (C=O) groups is 1. The number of sulfonamides is 1. The van der Waals surface area contributed by atoms with E-state index < -0.39 is 10.0 Å². The number of benzene rings is 2. The number of hydrogen-bond donors (Lipinski definition) is 2. The highest BCUT2D eigenvalue weighted by molar-refractivity contribution is 7.89. The number of likely N-dealkylation sites (N-methyl/N-ethyl adjacent to an activating group) is 1. The number of hydrogen-bond acceptors (Lipinski definition) is 5. The first-order chi connectivity index (χ1) is 18.7. The minimum Gasteiger partial charge on any atom is -0.385 e. The molecule has 2 heterocycles. The van der Waals surface area contributed by atoms with Crippen LogP contribution in [-0.4, -0.2) is 74.7 Å². The molecule has 9 heteroatoms. The predicted molar refractivity (Wildman–Crippen MR) is 157 cm³/mol.